The van der Waals surface area contributed by atoms with Crippen molar-refractivity contribution in [2.45, 2.75) is 12.5 Å². The Morgan fingerprint density at radius 2 is 2.04 bits per heavy atom. The molecule has 1 aromatic heterocycles. The summed E-state index contributed by atoms with van der Waals surface area (Å²) in [6.45, 7) is 1.52. The zero-order valence-corrected chi connectivity index (χ0v) is 12.9. The van der Waals surface area contributed by atoms with Gasteiger partial charge in [-0.25, -0.2) is 0 Å². The number of nitrogens with one attached hydrogen (secondary N) is 2. The molecule has 1 fully saturated rings. The summed E-state index contributed by atoms with van der Waals surface area (Å²) in [6, 6.07) is 13.6. The smallest absolute Gasteiger partial charge is 0.229 e. The van der Waals surface area contributed by atoms with E-state index in [1.807, 2.05) is 30.3 Å². The second kappa shape index (κ2) is 6.89. The molecule has 1 unspecified atom stereocenters. The van der Waals surface area contributed by atoms with Crippen molar-refractivity contribution in [1.29, 1.82) is 0 Å². The Morgan fingerprint density at radius 3 is 2.65 bits per heavy atom. The highest BCUT2D eigenvalue weighted by molar-refractivity contribution is 5.84. The molecule has 23 heavy (non-hydrogen) atoms. The summed E-state index contributed by atoms with van der Waals surface area (Å²) in [6.07, 6.45) is 3.23. The predicted octanol–water partition coefficient (Wildman–Crippen LogP) is 1.06. The molecule has 3 rings (SSSR count). The molecular weight excluding hydrogens is 290 g/mol. The maximum Gasteiger partial charge on any atom is 0.229 e. The van der Waals surface area contributed by atoms with E-state index in [4.69, 9.17) is 0 Å². The number of aliphatic hydroxyl groups excluding tert-OH is 1. The Bertz CT molecular complexity index is 642. The third-order valence-corrected chi connectivity index (χ3v) is 4.32. The first kappa shape index (κ1) is 15.6. The van der Waals surface area contributed by atoms with E-state index in [0.29, 0.717) is 25.1 Å². The average molecular weight is 311 g/mol. The monoisotopic (exact) mass is 311 g/mol. The number of carbonyl (C=O) groups excluding carboxylic acids is 1. The molecular formula is C18H21N3O2. The topological polar surface area (TPSA) is 74.2 Å². The Kier molecular flexibility index (Phi) is 4.69. The molecule has 1 aliphatic heterocycles. The standard InChI is InChI=1S/C18H21N3O2/c22-16(15-7-4-8-19-10-15)11-21-17(23)18(12-20-13-18)9-14-5-2-1-3-6-14/h1-8,10,16,20,22H,9,11-13H2,(H,21,23). The van der Waals surface area contributed by atoms with Crippen LogP contribution in [0.3, 0.4) is 0 Å². The molecule has 5 nitrogen and oxygen atoms in total. The van der Waals surface area contributed by atoms with Gasteiger partial charge in [-0.2, -0.15) is 0 Å². The van der Waals surface area contributed by atoms with Crippen LogP contribution in [-0.2, 0) is 11.2 Å². The quantitative estimate of drug-likeness (QED) is 0.746. The highest BCUT2D eigenvalue weighted by Gasteiger charge is 2.44. The number of aromatic nitrogens is 1. The van der Waals surface area contributed by atoms with Gasteiger partial charge in [-0.05, 0) is 18.1 Å². The molecule has 1 atom stereocenters. The van der Waals surface area contributed by atoms with Crippen molar-refractivity contribution in [3.8, 4) is 0 Å². The first-order valence-corrected chi connectivity index (χ1v) is 7.81. The highest BCUT2D eigenvalue weighted by atomic mass is 16.3. The molecule has 0 aliphatic carbocycles. The molecule has 1 amide bonds. The fraction of sp³-hybridized carbons (Fsp3) is 0.333. The molecule has 0 radical (unpaired) electrons. The third kappa shape index (κ3) is 3.57. The van der Waals surface area contributed by atoms with Gasteiger partial charge in [-0.1, -0.05) is 36.4 Å². The van der Waals surface area contributed by atoms with Crippen LogP contribution in [0.1, 0.15) is 17.2 Å². The molecule has 2 heterocycles. The minimum atomic E-state index is -0.741. The summed E-state index contributed by atoms with van der Waals surface area (Å²) in [5.41, 5.74) is 1.43. The molecule has 1 aliphatic rings. The Hall–Kier alpha value is -2.24. The van der Waals surface area contributed by atoms with E-state index in [1.165, 1.54) is 0 Å². The van der Waals surface area contributed by atoms with Crippen molar-refractivity contribution in [1.82, 2.24) is 15.6 Å². The second-order valence-corrected chi connectivity index (χ2v) is 6.06. The minimum Gasteiger partial charge on any atom is -0.387 e. The van der Waals surface area contributed by atoms with Crippen LogP contribution in [0.25, 0.3) is 0 Å². The summed E-state index contributed by atoms with van der Waals surface area (Å²) in [5, 5.41) is 16.2. The number of pyridine rings is 1. The van der Waals surface area contributed by atoms with Gasteiger partial charge >= 0.3 is 0 Å². The van der Waals surface area contributed by atoms with Gasteiger partial charge in [0.2, 0.25) is 5.91 Å². The Balaban J connectivity index is 1.60. The molecule has 5 heteroatoms. The maximum atomic E-state index is 12.6. The lowest BCUT2D eigenvalue weighted by Gasteiger charge is -2.41. The second-order valence-electron chi connectivity index (χ2n) is 6.06. The molecule has 1 saturated heterocycles. The van der Waals surface area contributed by atoms with Crippen molar-refractivity contribution in [2.24, 2.45) is 5.41 Å². The van der Waals surface area contributed by atoms with Gasteiger partial charge in [0.15, 0.2) is 0 Å². The van der Waals surface area contributed by atoms with Crippen LogP contribution >= 0.6 is 0 Å². The molecule has 1 aromatic carbocycles. The zero-order chi connectivity index (χ0) is 16.1. The molecule has 3 N–H and O–H groups in total. The molecule has 120 valence electrons. The van der Waals surface area contributed by atoms with Crippen molar-refractivity contribution in [2.75, 3.05) is 19.6 Å². The van der Waals surface area contributed by atoms with Crippen molar-refractivity contribution in [3.63, 3.8) is 0 Å². The van der Waals surface area contributed by atoms with Crippen LogP contribution in [0.4, 0.5) is 0 Å². The van der Waals surface area contributed by atoms with Crippen LogP contribution in [0.5, 0.6) is 0 Å². The highest BCUT2D eigenvalue weighted by Crippen LogP contribution is 2.28. The van der Waals surface area contributed by atoms with Crippen LogP contribution in [0, 0.1) is 5.41 Å². The normalized spacial score (nSPS) is 17.1. The van der Waals surface area contributed by atoms with Gasteiger partial charge in [-0.3, -0.25) is 9.78 Å². The largest absolute Gasteiger partial charge is 0.387 e. The number of rotatable bonds is 6. The Labute approximate surface area is 135 Å². The van der Waals surface area contributed by atoms with Crippen LogP contribution in [0.2, 0.25) is 0 Å². The summed E-state index contributed by atoms with van der Waals surface area (Å²) >= 11 is 0. The van der Waals surface area contributed by atoms with Gasteiger partial charge in [0.05, 0.1) is 11.5 Å². The lowest BCUT2D eigenvalue weighted by molar-refractivity contribution is -0.134. The summed E-state index contributed by atoms with van der Waals surface area (Å²) in [4.78, 5) is 16.6. The predicted molar refractivity (Wildman–Crippen MR) is 87.7 cm³/mol. The summed E-state index contributed by atoms with van der Waals surface area (Å²) in [5.74, 6) is -0.0111. The van der Waals surface area contributed by atoms with E-state index in [9.17, 15) is 9.90 Å². The number of aliphatic hydroxyl groups is 1. The lowest BCUT2D eigenvalue weighted by atomic mass is 9.75. The van der Waals surface area contributed by atoms with Crippen LogP contribution < -0.4 is 10.6 Å². The van der Waals surface area contributed by atoms with Crippen molar-refractivity contribution < 1.29 is 9.90 Å². The lowest BCUT2D eigenvalue weighted by Crippen LogP contribution is -2.62. The van der Waals surface area contributed by atoms with Gasteiger partial charge < -0.3 is 15.7 Å². The van der Waals surface area contributed by atoms with E-state index < -0.39 is 11.5 Å². The third-order valence-electron chi connectivity index (χ3n) is 4.32. The minimum absolute atomic E-state index is 0.0111. The SMILES string of the molecule is O=C(NCC(O)c1cccnc1)C1(Cc2ccccc2)CNC1. The molecule has 0 spiro atoms. The van der Waals surface area contributed by atoms with E-state index in [1.54, 1.807) is 24.5 Å². The Morgan fingerprint density at radius 1 is 1.26 bits per heavy atom. The van der Waals surface area contributed by atoms with Crippen LogP contribution in [0.15, 0.2) is 54.9 Å². The number of hydrogen-bond acceptors (Lipinski definition) is 4. The van der Waals surface area contributed by atoms with Gasteiger partial charge in [0, 0.05) is 37.6 Å². The average Bonchev–Trinajstić information content (AvgIpc) is 2.57. The molecule has 2 aromatic rings. The van der Waals surface area contributed by atoms with Crippen molar-refractivity contribution in [3.05, 3.63) is 66.0 Å². The summed E-state index contributed by atoms with van der Waals surface area (Å²) < 4.78 is 0. The summed E-state index contributed by atoms with van der Waals surface area (Å²) in [7, 11) is 0. The van der Waals surface area contributed by atoms with E-state index in [-0.39, 0.29) is 12.5 Å². The van der Waals surface area contributed by atoms with E-state index in [2.05, 4.69) is 15.6 Å². The number of benzene rings is 1. The number of nitrogens with zero attached hydrogens (tertiary/aromatic N) is 1. The van der Waals surface area contributed by atoms with E-state index in [0.717, 1.165) is 5.56 Å². The van der Waals surface area contributed by atoms with Gasteiger partial charge in [0.25, 0.3) is 0 Å². The van der Waals surface area contributed by atoms with E-state index >= 15 is 0 Å². The van der Waals surface area contributed by atoms with Gasteiger partial charge in [0.1, 0.15) is 0 Å². The molecule has 0 bridgehead atoms. The zero-order valence-electron chi connectivity index (χ0n) is 12.9. The number of carbonyl (C=O) groups is 1. The number of hydrogen-bond donors (Lipinski definition) is 3. The fourth-order valence-corrected chi connectivity index (χ4v) is 2.85. The number of amides is 1. The fourth-order valence-electron chi connectivity index (χ4n) is 2.85. The maximum absolute atomic E-state index is 12.6. The van der Waals surface area contributed by atoms with Crippen molar-refractivity contribution >= 4 is 5.91 Å². The van der Waals surface area contributed by atoms with Crippen LogP contribution in [-0.4, -0.2) is 35.6 Å². The first-order valence-electron chi connectivity index (χ1n) is 7.81. The first-order chi connectivity index (χ1) is 11.2. The molecule has 0 saturated carbocycles. The van der Waals surface area contributed by atoms with Gasteiger partial charge in [-0.15, -0.1) is 0 Å².